The fourth-order valence-corrected chi connectivity index (χ4v) is 1.13. The first kappa shape index (κ1) is 5.60. The maximum Gasteiger partial charge on any atom is 0.209 e. The SMILES string of the molecule is CC1(C)CN(C=O)C1. The average molecular weight is 113 g/mol. The van der Waals surface area contributed by atoms with Gasteiger partial charge < -0.3 is 4.90 Å². The minimum Gasteiger partial charge on any atom is -0.344 e. The van der Waals surface area contributed by atoms with Gasteiger partial charge in [-0.15, -0.1) is 0 Å². The van der Waals surface area contributed by atoms with Crippen molar-refractivity contribution < 1.29 is 4.79 Å². The fourth-order valence-electron chi connectivity index (χ4n) is 1.13. The summed E-state index contributed by atoms with van der Waals surface area (Å²) in [5.41, 5.74) is 0.390. The zero-order chi connectivity index (χ0) is 6.20. The van der Waals surface area contributed by atoms with E-state index in [4.69, 9.17) is 0 Å². The number of amides is 1. The van der Waals surface area contributed by atoms with E-state index in [-0.39, 0.29) is 0 Å². The van der Waals surface area contributed by atoms with Gasteiger partial charge >= 0.3 is 0 Å². The van der Waals surface area contributed by atoms with Gasteiger partial charge in [0.15, 0.2) is 0 Å². The molecule has 0 N–H and O–H groups in total. The summed E-state index contributed by atoms with van der Waals surface area (Å²) < 4.78 is 0. The average Bonchev–Trinajstić information content (AvgIpc) is 1.60. The lowest BCUT2D eigenvalue weighted by Gasteiger charge is -2.43. The highest BCUT2D eigenvalue weighted by molar-refractivity contribution is 5.49. The monoisotopic (exact) mass is 113 g/mol. The van der Waals surface area contributed by atoms with Crippen molar-refractivity contribution in [3.05, 3.63) is 0 Å². The Hall–Kier alpha value is -0.530. The second kappa shape index (κ2) is 1.47. The molecule has 0 bridgehead atoms. The van der Waals surface area contributed by atoms with E-state index in [1.165, 1.54) is 0 Å². The van der Waals surface area contributed by atoms with E-state index in [1.54, 1.807) is 4.90 Å². The second-order valence-electron chi connectivity index (χ2n) is 3.17. The Labute approximate surface area is 49.5 Å². The molecule has 0 aromatic heterocycles. The summed E-state index contributed by atoms with van der Waals surface area (Å²) in [6.07, 6.45) is 0.908. The molecule has 1 heterocycles. The Morgan fingerprint density at radius 2 is 2.00 bits per heavy atom. The smallest absolute Gasteiger partial charge is 0.209 e. The summed E-state index contributed by atoms with van der Waals surface area (Å²) in [7, 11) is 0. The third kappa shape index (κ3) is 0.831. The quantitative estimate of drug-likeness (QED) is 0.453. The molecule has 1 amide bonds. The first-order chi connectivity index (χ1) is 3.64. The minimum absolute atomic E-state index is 0.390. The molecule has 0 saturated carbocycles. The van der Waals surface area contributed by atoms with Crippen molar-refractivity contribution >= 4 is 6.41 Å². The highest BCUT2D eigenvalue weighted by atomic mass is 16.1. The molecule has 0 atom stereocenters. The summed E-state index contributed by atoms with van der Waals surface area (Å²) in [6.45, 7) is 6.17. The highest BCUT2D eigenvalue weighted by Crippen LogP contribution is 2.26. The van der Waals surface area contributed by atoms with Crippen molar-refractivity contribution in [2.24, 2.45) is 5.41 Å². The van der Waals surface area contributed by atoms with Crippen LogP contribution in [0.2, 0.25) is 0 Å². The van der Waals surface area contributed by atoms with Gasteiger partial charge in [-0.2, -0.15) is 0 Å². The van der Waals surface area contributed by atoms with Gasteiger partial charge in [-0.1, -0.05) is 13.8 Å². The van der Waals surface area contributed by atoms with Gasteiger partial charge in [0, 0.05) is 13.1 Å². The van der Waals surface area contributed by atoms with E-state index in [9.17, 15) is 4.79 Å². The highest BCUT2D eigenvalue weighted by Gasteiger charge is 2.32. The number of rotatable bonds is 1. The van der Waals surface area contributed by atoms with Crippen LogP contribution in [0.5, 0.6) is 0 Å². The normalized spacial score (nSPS) is 24.5. The Morgan fingerprint density at radius 3 is 2.12 bits per heavy atom. The van der Waals surface area contributed by atoms with Crippen LogP contribution < -0.4 is 0 Å². The molecular weight excluding hydrogens is 102 g/mol. The molecule has 0 radical (unpaired) electrons. The number of carbonyl (C=O) groups is 1. The number of nitrogens with zero attached hydrogens (tertiary/aromatic N) is 1. The van der Waals surface area contributed by atoms with Crippen LogP contribution in [0.3, 0.4) is 0 Å². The summed E-state index contributed by atoms with van der Waals surface area (Å²) >= 11 is 0. The summed E-state index contributed by atoms with van der Waals surface area (Å²) in [6, 6.07) is 0. The van der Waals surface area contributed by atoms with Crippen molar-refractivity contribution in [1.29, 1.82) is 0 Å². The maximum absolute atomic E-state index is 10.0. The van der Waals surface area contributed by atoms with Crippen molar-refractivity contribution in [1.82, 2.24) is 4.90 Å². The first-order valence-corrected chi connectivity index (χ1v) is 2.83. The molecular formula is C6H11NO. The molecule has 1 fully saturated rings. The third-order valence-corrected chi connectivity index (χ3v) is 1.41. The van der Waals surface area contributed by atoms with Crippen LogP contribution >= 0.6 is 0 Å². The Kier molecular flexibility index (Phi) is 1.03. The number of likely N-dealkylation sites (tertiary alicyclic amines) is 1. The van der Waals surface area contributed by atoms with E-state index in [0.29, 0.717) is 5.41 Å². The molecule has 0 aromatic carbocycles. The van der Waals surface area contributed by atoms with Crippen LogP contribution in [-0.2, 0) is 4.79 Å². The Morgan fingerprint density at radius 1 is 1.50 bits per heavy atom. The van der Waals surface area contributed by atoms with Gasteiger partial charge in [0.05, 0.1) is 0 Å². The van der Waals surface area contributed by atoms with Crippen LogP contribution in [0.15, 0.2) is 0 Å². The van der Waals surface area contributed by atoms with Gasteiger partial charge in [-0.05, 0) is 5.41 Å². The van der Waals surface area contributed by atoms with Gasteiger partial charge in [0.2, 0.25) is 6.41 Å². The number of hydrogen-bond acceptors (Lipinski definition) is 1. The van der Waals surface area contributed by atoms with Crippen LogP contribution in [0.1, 0.15) is 13.8 Å². The zero-order valence-corrected chi connectivity index (χ0v) is 5.35. The van der Waals surface area contributed by atoms with E-state index in [0.717, 1.165) is 19.5 Å². The van der Waals surface area contributed by atoms with Crippen LogP contribution in [0, 0.1) is 5.41 Å². The molecule has 46 valence electrons. The van der Waals surface area contributed by atoms with E-state index >= 15 is 0 Å². The number of carbonyl (C=O) groups excluding carboxylic acids is 1. The lowest BCUT2D eigenvalue weighted by molar-refractivity contribution is -0.127. The van der Waals surface area contributed by atoms with Crippen LogP contribution in [0.25, 0.3) is 0 Å². The van der Waals surface area contributed by atoms with E-state index in [1.807, 2.05) is 0 Å². The predicted octanol–water partition coefficient (Wildman–Crippen LogP) is 0.485. The maximum atomic E-state index is 10.0. The van der Waals surface area contributed by atoms with Gasteiger partial charge in [0.1, 0.15) is 0 Å². The lowest BCUT2D eigenvalue weighted by Crippen LogP contribution is -2.51. The van der Waals surface area contributed by atoms with Crippen molar-refractivity contribution in [2.45, 2.75) is 13.8 Å². The zero-order valence-electron chi connectivity index (χ0n) is 5.35. The number of hydrogen-bond donors (Lipinski definition) is 0. The lowest BCUT2D eigenvalue weighted by atomic mass is 9.85. The molecule has 2 nitrogen and oxygen atoms in total. The Bertz CT molecular complexity index is 101. The summed E-state index contributed by atoms with van der Waals surface area (Å²) in [4.78, 5) is 11.8. The summed E-state index contributed by atoms with van der Waals surface area (Å²) in [5.74, 6) is 0. The minimum atomic E-state index is 0.390. The molecule has 0 aliphatic carbocycles. The van der Waals surface area contributed by atoms with E-state index in [2.05, 4.69) is 13.8 Å². The molecule has 0 aromatic rings. The molecule has 2 heteroatoms. The first-order valence-electron chi connectivity index (χ1n) is 2.83. The van der Waals surface area contributed by atoms with Crippen LogP contribution in [0.4, 0.5) is 0 Å². The van der Waals surface area contributed by atoms with Crippen LogP contribution in [-0.4, -0.2) is 24.4 Å². The topological polar surface area (TPSA) is 20.3 Å². The molecule has 1 aliphatic heterocycles. The molecule has 1 saturated heterocycles. The molecule has 0 unspecified atom stereocenters. The molecule has 1 rings (SSSR count). The van der Waals surface area contributed by atoms with Crippen molar-refractivity contribution in [3.63, 3.8) is 0 Å². The predicted molar refractivity (Wildman–Crippen MR) is 31.4 cm³/mol. The van der Waals surface area contributed by atoms with Gasteiger partial charge in [-0.25, -0.2) is 0 Å². The molecule has 1 aliphatic rings. The second-order valence-corrected chi connectivity index (χ2v) is 3.17. The van der Waals surface area contributed by atoms with Crippen molar-refractivity contribution in [2.75, 3.05) is 13.1 Å². The van der Waals surface area contributed by atoms with Gasteiger partial charge in [0.25, 0.3) is 0 Å². The Balaban J connectivity index is 2.31. The van der Waals surface area contributed by atoms with Crippen molar-refractivity contribution in [3.8, 4) is 0 Å². The van der Waals surface area contributed by atoms with Gasteiger partial charge in [-0.3, -0.25) is 4.79 Å². The standard InChI is InChI=1S/C6H11NO/c1-6(2)3-7(4-6)5-8/h5H,3-4H2,1-2H3. The van der Waals surface area contributed by atoms with E-state index < -0.39 is 0 Å². The third-order valence-electron chi connectivity index (χ3n) is 1.41. The summed E-state index contributed by atoms with van der Waals surface area (Å²) in [5, 5.41) is 0. The largest absolute Gasteiger partial charge is 0.344 e. The molecule has 0 spiro atoms. The molecule has 8 heavy (non-hydrogen) atoms. The fraction of sp³-hybridized carbons (Fsp3) is 0.833.